The number of benzene rings is 3. The van der Waals surface area contributed by atoms with Gasteiger partial charge in [0, 0.05) is 11.4 Å². The van der Waals surface area contributed by atoms with Gasteiger partial charge < -0.3 is 24.8 Å². The first-order valence-electron chi connectivity index (χ1n) is 11.8. The molecule has 0 saturated carbocycles. The summed E-state index contributed by atoms with van der Waals surface area (Å²) in [6.07, 6.45) is 1.38. The molecule has 0 heterocycles. The molecule has 2 amide bonds. The van der Waals surface area contributed by atoms with E-state index in [9.17, 15) is 14.9 Å². The van der Waals surface area contributed by atoms with E-state index in [1.807, 2.05) is 45.0 Å². The number of carbonyl (C=O) groups is 2. The second-order valence-electron chi connectivity index (χ2n) is 8.25. The maximum absolute atomic E-state index is 12.7. The number of nitrogens with zero attached hydrogens (tertiary/aromatic N) is 1. The summed E-state index contributed by atoms with van der Waals surface area (Å²) in [7, 11) is 1.42. The van der Waals surface area contributed by atoms with E-state index in [1.54, 1.807) is 30.3 Å². The number of nitrogens with one attached hydrogen (secondary N) is 2. The summed E-state index contributed by atoms with van der Waals surface area (Å²) in [5.41, 5.74) is 3.65. The van der Waals surface area contributed by atoms with Crippen LogP contribution in [-0.2, 0) is 9.59 Å². The molecule has 3 aromatic rings. The fourth-order valence-corrected chi connectivity index (χ4v) is 3.71. The van der Waals surface area contributed by atoms with Crippen LogP contribution in [-0.4, -0.2) is 32.1 Å². The van der Waals surface area contributed by atoms with Gasteiger partial charge in [-0.15, -0.1) is 0 Å². The van der Waals surface area contributed by atoms with Crippen molar-refractivity contribution >= 4 is 40.9 Å². The standard InChI is InChI=1S/C29H28ClN3O5/c1-5-37-24-10-8-22(9-11-24)33-29(35)21(16-31)13-20-14-25(30)28(26(15-20)36-4)38-17-27(34)32-23-7-6-18(2)19(3)12-23/h6-15H,5,17H2,1-4H3,(H,32,34)(H,33,35)/b21-13+. The molecule has 8 nitrogen and oxygen atoms in total. The van der Waals surface area contributed by atoms with Crippen molar-refractivity contribution in [3.63, 3.8) is 0 Å². The first-order valence-corrected chi connectivity index (χ1v) is 12.1. The number of nitriles is 1. The van der Waals surface area contributed by atoms with Crippen LogP contribution in [0.1, 0.15) is 23.6 Å². The molecular formula is C29H28ClN3O5. The Bertz CT molecular complexity index is 1390. The van der Waals surface area contributed by atoms with Crippen molar-refractivity contribution in [2.75, 3.05) is 31.0 Å². The molecule has 9 heteroatoms. The topological polar surface area (TPSA) is 110 Å². The normalized spacial score (nSPS) is 10.8. The van der Waals surface area contributed by atoms with E-state index in [0.717, 1.165) is 11.1 Å². The zero-order valence-electron chi connectivity index (χ0n) is 21.6. The van der Waals surface area contributed by atoms with E-state index in [-0.39, 0.29) is 34.6 Å². The number of methoxy groups -OCH3 is 1. The molecule has 0 radical (unpaired) electrons. The lowest BCUT2D eigenvalue weighted by atomic mass is 10.1. The second kappa shape index (κ2) is 13.2. The number of halogens is 1. The Balaban J connectivity index is 1.71. The third kappa shape index (κ3) is 7.51. The average Bonchev–Trinajstić information content (AvgIpc) is 2.89. The van der Waals surface area contributed by atoms with Gasteiger partial charge in [-0.05, 0) is 92.1 Å². The first kappa shape index (κ1) is 28.1. The Kier molecular flexibility index (Phi) is 9.74. The summed E-state index contributed by atoms with van der Waals surface area (Å²) in [5.74, 6) is 0.127. The first-order chi connectivity index (χ1) is 18.2. The molecule has 0 bridgehead atoms. The van der Waals surface area contributed by atoms with Crippen LogP contribution in [0.3, 0.4) is 0 Å². The van der Waals surface area contributed by atoms with Gasteiger partial charge >= 0.3 is 0 Å². The van der Waals surface area contributed by atoms with E-state index in [1.165, 1.54) is 19.3 Å². The maximum atomic E-state index is 12.7. The Morgan fingerprint density at radius 3 is 2.32 bits per heavy atom. The van der Waals surface area contributed by atoms with Crippen LogP contribution in [0, 0.1) is 25.2 Å². The van der Waals surface area contributed by atoms with Crippen LogP contribution in [0.5, 0.6) is 17.2 Å². The van der Waals surface area contributed by atoms with Gasteiger partial charge in [0.15, 0.2) is 18.1 Å². The van der Waals surface area contributed by atoms with E-state index in [0.29, 0.717) is 29.3 Å². The lowest BCUT2D eigenvalue weighted by Gasteiger charge is -2.14. The fraction of sp³-hybridized carbons (Fsp3) is 0.207. The van der Waals surface area contributed by atoms with Crippen molar-refractivity contribution in [1.82, 2.24) is 0 Å². The largest absolute Gasteiger partial charge is 0.494 e. The van der Waals surface area contributed by atoms with Gasteiger partial charge in [-0.2, -0.15) is 5.26 Å². The zero-order chi connectivity index (χ0) is 27.7. The van der Waals surface area contributed by atoms with Crippen LogP contribution in [0.25, 0.3) is 6.08 Å². The van der Waals surface area contributed by atoms with Gasteiger partial charge in [0.05, 0.1) is 18.7 Å². The molecule has 0 fully saturated rings. The molecule has 2 N–H and O–H groups in total. The number of carbonyl (C=O) groups excluding carboxylic acids is 2. The van der Waals surface area contributed by atoms with Crippen LogP contribution >= 0.6 is 11.6 Å². The molecule has 0 aliphatic carbocycles. The predicted octanol–water partition coefficient (Wildman–Crippen LogP) is 5.93. The Hall–Kier alpha value is -4.48. The second-order valence-corrected chi connectivity index (χ2v) is 8.66. The molecule has 0 atom stereocenters. The average molecular weight is 534 g/mol. The predicted molar refractivity (Wildman–Crippen MR) is 148 cm³/mol. The van der Waals surface area contributed by atoms with E-state index < -0.39 is 5.91 Å². The highest BCUT2D eigenvalue weighted by Gasteiger charge is 2.16. The summed E-state index contributed by atoms with van der Waals surface area (Å²) in [6.45, 7) is 6.06. The molecule has 0 aromatic heterocycles. The van der Waals surface area contributed by atoms with E-state index in [4.69, 9.17) is 25.8 Å². The Morgan fingerprint density at radius 2 is 1.68 bits per heavy atom. The van der Waals surface area contributed by atoms with E-state index in [2.05, 4.69) is 10.6 Å². The third-order valence-electron chi connectivity index (χ3n) is 5.49. The molecule has 0 unspecified atom stereocenters. The van der Waals surface area contributed by atoms with Gasteiger partial charge in [0.25, 0.3) is 11.8 Å². The minimum absolute atomic E-state index is 0.140. The monoisotopic (exact) mass is 533 g/mol. The highest BCUT2D eigenvalue weighted by Crippen LogP contribution is 2.37. The summed E-state index contributed by atoms with van der Waals surface area (Å²) in [6, 6.07) is 17.4. The lowest BCUT2D eigenvalue weighted by molar-refractivity contribution is -0.118. The zero-order valence-corrected chi connectivity index (χ0v) is 22.3. The summed E-state index contributed by atoms with van der Waals surface area (Å²) in [5, 5.41) is 15.2. The van der Waals surface area contributed by atoms with Gasteiger partial charge in [0.2, 0.25) is 0 Å². The Morgan fingerprint density at radius 1 is 0.974 bits per heavy atom. The number of rotatable bonds is 10. The van der Waals surface area contributed by atoms with Crippen molar-refractivity contribution in [1.29, 1.82) is 5.26 Å². The Labute approximate surface area is 226 Å². The minimum atomic E-state index is -0.588. The van der Waals surface area contributed by atoms with Crippen molar-refractivity contribution in [3.8, 4) is 23.3 Å². The summed E-state index contributed by atoms with van der Waals surface area (Å²) < 4.78 is 16.4. The van der Waals surface area contributed by atoms with Crippen molar-refractivity contribution in [2.45, 2.75) is 20.8 Å². The van der Waals surface area contributed by atoms with Gasteiger partial charge in [0.1, 0.15) is 17.4 Å². The number of amides is 2. The highest BCUT2D eigenvalue weighted by atomic mass is 35.5. The maximum Gasteiger partial charge on any atom is 0.266 e. The molecule has 38 heavy (non-hydrogen) atoms. The molecule has 3 aromatic carbocycles. The molecule has 0 spiro atoms. The van der Waals surface area contributed by atoms with Crippen LogP contribution in [0.2, 0.25) is 5.02 Å². The smallest absolute Gasteiger partial charge is 0.266 e. The van der Waals surface area contributed by atoms with Crippen molar-refractivity contribution in [2.24, 2.45) is 0 Å². The molecule has 0 saturated heterocycles. The van der Waals surface area contributed by atoms with Crippen LogP contribution < -0.4 is 24.8 Å². The molecule has 0 aliphatic heterocycles. The lowest BCUT2D eigenvalue weighted by Crippen LogP contribution is -2.20. The van der Waals surface area contributed by atoms with Gasteiger partial charge in [-0.1, -0.05) is 17.7 Å². The number of hydrogen-bond donors (Lipinski definition) is 2. The van der Waals surface area contributed by atoms with Crippen LogP contribution in [0.4, 0.5) is 11.4 Å². The highest BCUT2D eigenvalue weighted by molar-refractivity contribution is 6.32. The molecule has 3 rings (SSSR count). The van der Waals surface area contributed by atoms with Crippen molar-refractivity contribution < 1.29 is 23.8 Å². The molecule has 0 aliphatic rings. The van der Waals surface area contributed by atoms with Crippen LogP contribution in [0.15, 0.2) is 60.2 Å². The SMILES string of the molecule is CCOc1ccc(NC(=O)/C(C#N)=C/c2cc(Cl)c(OCC(=O)Nc3ccc(C)c(C)c3)c(OC)c2)cc1. The van der Waals surface area contributed by atoms with Gasteiger partial charge in [-0.3, -0.25) is 9.59 Å². The number of anilines is 2. The van der Waals surface area contributed by atoms with Gasteiger partial charge in [-0.25, -0.2) is 0 Å². The quantitative estimate of drug-likeness (QED) is 0.247. The number of hydrogen-bond acceptors (Lipinski definition) is 6. The molecular weight excluding hydrogens is 506 g/mol. The molecule has 196 valence electrons. The third-order valence-corrected chi connectivity index (χ3v) is 5.77. The summed E-state index contributed by atoms with van der Waals surface area (Å²) >= 11 is 6.41. The van der Waals surface area contributed by atoms with Crippen molar-refractivity contribution in [3.05, 3.63) is 81.9 Å². The number of ether oxygens (including phenoxy) is 3. The number of aryl methyl sites for hydroxylation is 2. The summed E-state index contributed by atoms with van der Waals surface area (Å²) in [4.78, 5) is 25.1. The van der Waals surface area contributed by atoms with E-state index >= 15 is 0 Å². The minimum Gasteiger partial charge on any atom is -0.494 e. The fourth-order valence-electron chi connectivity index (χ4n) is 3.43.